The fraction of sp³-hybridized carbons (Fsp3) is 0.100. The van der Waals surface area contributed by atoms with Crippen molar-refractivity contribution < 1.29 is 9.59 Å². The summed E-state index contributed by atoms with van der Waals surface area (Å²) in [5, 5.41) is 6.86. The largest absolute Gasteiger partial charge is 0.312 e. The Morgan fingerprint density at radius 1 is 1.31 bits per heavy atom. The first kappa shape index (κ1) is 9.32. The van der Waals surface area contributed by atoms with E-state index in [1.54, 1.807) is 30.3 Å². The van der Waals surface area contributed by atoms with Gasteiger partial charge in [0.1, 0.15) is 12.2 Å². The number of Topliss-reactive ketones (excluding diaryl/α,β-unsaturated/α-hetero) is 1. The second-order valence-corrected chi connectivity index (χ2v) is 2.56. The molecule has 0 saturated carbocycles. The molecule has 66 valence electrons. The van der Waals surface area contributed by atoms with Crippen LogP contribution in [0.3, 0.4) is 0 Å². The van der Waals surface area contributed by atoms with E-state index in [4.69, 9.17) is 5.41 Å². The normalized spacial score (nSPS) is 11.7. The summed E-state index contributed by atoms with van der Waals surface area (Å²) in [6.07, 6.45) is 1.32. The van der Waals surface area contributed by atoms with Gasteiger partial charge < -0.3 is 10.2 Å². The van der Waals surface area contributed by atoms with Crippen molar-refractivity contribution in [2.24, 2.45) is 5.92 Å². The number of aldehydes is 1. The number of benzene rings is 1. The number of hydrogen-bond donors (Lipinski definition) is 1. The summed E-state index contributed by atoms with van der Waals surface area (Å²) >= 11 is 0. The number of nitrogens with one attached hydrogen (secondary N) is 1. The molecule has 1 N–H and O–H groups in total. The van der Waals surface area contributed by atoms with E-state index in [2.05, 4.69) is 0 Å². The molecule has 0 aliphatic carbocycles. The summed E-state index contributed by atoms with van der Waals surface area (Å²) in [4.78, 5) is 21.8. The van der Waals surface area contributed by atoms with E-state index in [9.17, 15) is 9.59 Å². The fourth-order valence-electron chi connectivity index (χ4n) is 0.972. The summed E-state index contributed by atoms with van der Waals surface area (Å²) in [5.74, 6) is -1.27. The molecule has 3 heteroatoms. The minimum absolute atomic E-state index is 0.328. The first-order chi connectivity index (χ1) is 6.29. The van der Waals surface area contributed by atoms with Gasteiger partial charge in [-0.05, 0) is 0 Å². The highest BCUT2D eigenvalue weighted by molar-refractivity contribution is 6.14. The second kappa shape index (κ2) is 4.30. The summed E-state index contributed by atoms with van der Waals surface area (Å²) in [6.45, 7) is 0. The summed E-state index contributed by atoms with van der Waals surface area (Å²) in [5.41, 5.74) is 0.461. The number of carbonyl (C=O) groups excluding carboxylic acids is 2. The van der Waals surface area contributed by atoms with Crippen LogP contribution in [0.2, 0.25) is 0 Å². The van der Waals surface area contributed by atoms with Gasteiger partial charge in [0.25, 0.3) is 0 Å². The highest BCUT2D eigenvalue weighted by Crippen LogP contribution is 2.05. The Bertz CT molecular complexity index is 311. The molecule has 0 radical (unpaired) electrons. The van der Waals surface area contributed by atoms with E-state index in [0.29, 0.717) is 11.8 Å². The minimum atomic E-state index is -0.942. The molecule has 0 bridgehead atoms. The maximum Gasteiger partial charge on any atom is 0.178 e. The Hall–Kier alpha value is -1.77. The first-order valence-electron chi connectivity index (χ1n) is 3.84. The molecule has 0 fully saturated rings. The van der Waals surface area contributed by atoms with Crippen LogP contribution in [0, 0.1) is 11.3 Å². The summed E-state index contributed by atoms with van der Waals surface area (Å²) in [7, 11) is 0. The van der Waals surface area contributed by atoms with Gasteiger partial charge in [-0.2, -0.15) is 0 Å². The van der Waals surface area contributed by atoms with Gasteiger partial charge >= 0.3 is 0 Å². The molecule has 0 saturated heterocycles. The Labute approximate surface area is 75.9 Å². The molecule has 1 aromatic rings. The van der Waals surface area contributed by atoms with Crippen molar-refractivity contribution in [1.82, 2.24) is 0 Å². The monoisotopic (exact) mass is 175 g/mol. The molecule has 1 rings (SSSR count). The molecule has 13 heavy (non-hydrogen) atoms. The van der Waals surface area contributed by atoms with Crippen LogP contribution >= 0.6 is 0 Å². The zero-order valence-corrected chi connectivity index (χ0v) is 6.94. The fourth-order valence-corrected chi connectivity index (χ4v) is 0.972. The van der Waals surface area contributed by atoms with Crippen LogP contribution in [0.4, 0.5) is 0 Å². The van der Waals surface area contributed by atoms with E-state index in [1.165, 1.54) is 0 Å². The number of rotatable bonds is 4. The van der Waals surface area contributed by atoms with Crippen molar-refractivity contribution in [3.8, 4) is 0 Å². The van der Waals surface area contributed by atoms with E-state index in [0.717, 1.165) is 6.21 Å². The lowest BCUT2D eigenvalue weighted by atomic mass is 10.0. The third-order valence-electron chi connectivity index (χ3n) is 1.69. The number of carbonyl (C=O) groups is 2. The van der Waals surface area contributed by atoms with E-state index < -0.39 is 5.92 Å². The van der Waals surface area contributed by atoms with Crippen molar-refractivity contribution in [2.45, 2.75) is 0 Å². The molecule has 0 amide bonds. The highest BCUT2D eigenvalue weighted by Gasteiger charge is 2.15. The smallest absolute Gasteiger partial charge is 0.178 e. The topological polar surface area (TPSA) is 58.0 Å². The molecule has 3 nitrogen and oxygen atoms in total. The van der Waals surface area contributed by atoms with Crippen molar-refractivity contribution in [3.63, 3.8) is 0 Å². The van der Waals surface area contributed by atoms with Crippen LogP contribution in [0.25, 0.3) is 0 Å². The van der Waals surface area contributed by atoms with Crippen LogP contribution in [0.15, 0.2) is 30.3 Å². The lowest BCUT2D eigenvalue weighted by Crippen LogP contribution is -2.16. The number of hydrogen-bond acceptors (Lipinski definition) is 3. The van der Waals surface area contributed by atoms with E-state index in [-0.39, 0.29) is 5.78 Å². The zero-order chi connectivity index (χ0) is 9.68. The van der Waals surface area contributed by atoms with Gasteiger partial charge in [-0.15, -0.1) is 0 Å². The predicted octanol–water partition coefficient (Wildman–Crippen LogP) is 1.33. The minimum Gasteiger partial charge on any atom is -0.312 e. The van der Waals surface area contributed by atoms with Crippen LogP contribution < -0.4 is 0 Å². The molecule has 0 aliphatic heterocycles. The van der Waals surface area contributed by atoms with Gasteiger partial charge in [0.2, 0.25) is 0 Å². The van der Waals surface area contributed by atoms with Crippen molar-refractivity contribution in [3.05, 3.63) is 35.9 Å². The van der Waals surface area contributed by atoms with E-state index in [1.807, 2.05) is 0 Å². The maximum atomic E-state index is 11.4. The van der Waals surface area contributed by atoms with Crippen LogP contribution in [-0.4, -0.2) is 18.3 Å². The average Bonchev–Trinajstić information content (AvgIpc) is 2.21. The lowest BCUT2D eigenvalue weighted by Gasteiger charge is -2.01. The van der Waals surface area contributed by atoms with Gasteiger partial charge in [0.05, 0.1) is 0 Å². The van der Waals surface area contributed by atoms with Crippen LogP contribution in [0.5, 0.6) is 0 Å². The Balaban J connectivity index is 2.90. The van der Waals surface area contributed by atoms with Crippen LogP contribution in [-0.2, 0) is 4.79 Å². The third kappa shape index (κ3) is 2.08. The van der Waals surface area contributed by atoms with Crippen molar-refractivity contribution in [2.75, 3.05) is 0 Å². The molecule has 0 spiro atoms. The molecular weight excluding hydrogens is 166 g/mol. The predicted molar refractivity (Wildman–Crippen MR) is 49.1 cm³/mol. The molecule has 1 aromatic carbocycles. The van der Waals surface area contributed by atoms with E-state index >= 15 is 0 Å². The Morgan fingerprint density at radius 3 is 2.38 bits per heavy atom. The maximum absolute atomic E-state index is 11.4. The molecule has 0 aromatic heterocycles. The Kier molecular flexibility index (Phi) is 3.09. The first-order valence-corrected chi connectivity index (χ1v) is 3.84. The second-order valence-electron chi connectivity index (χ2n) is 2.56. The molecule has 1 atom stereocenters. The SMILES string of the molecule is N=CC(C=O)C(=O)c1ccccc1. The quantitative estimate of drug-likeness (QED) is 0.325. The lowest BCUT2D eigenvalue weighted by molar-refractivity contribution is -0.108. The van der Waals surface area contributed by atoms with Gasteiger partial charge in [0.15, 0.2) is 5.78 Å². The molecule has 1 unspecified atom stereocenters. The van der Waals surface area contributed by atoms with Gasteiger partial charge in [0, 0.05) is 11.8 Å². The molecule has 0 heterocycles. The molecule has 0 aliphatic rings. The zero-order valence-electron chi connectivity index (χ0n) is 6.94. The standard InChI is InChI=1S/C10H9NO2/c11-6-9(7-12)10(13)8-4-2-1-3-5-8/h1-7,9,11H. The summed E-state index contributed by atoms with van der Waals surface area (Å²) < 4.78 is 0. The van der Waals surface area contributed by atoms with Crippen molar-refractivity contribution in [1.29, 1.82) is 5.41 Å². The van der Waals surface area contributed by atoms with Gasteiger partial charge in [-0.3, -0.25) is 4.79 Å². The van der Waals surface area contributed by atoms with Gasteiger partial charge in [-0.25, -0.2) is 0 Å². The third-order valence-corrected chi connectivity index (χ3v) is 1.69. The molecular formula is C10H9NO2. The number of ketones is 1. The Morgan fingerprint density at radius 2 is 1.92 bits per heavy atom. The van der Waals surface area contributed by atoms with Crippen molar-refractivity contribution >= 4 is 18.3 Å². The average molecular weight is 175 g/mol. The van der Waals surface area contributed by atoms with Crippen LogP contribution in [0.1, 0.15) is 10.4 Å². The summed E-state index contributed by atoms with van der Waals surface area (Å²) in [6, 6.07) is 8.49. The van der Waals surface area contributed by atoms with Gasteiger partial charge in [-0.1, -0.05) is 30.3 Å². The highest BCUT2D eigenvalue weighted by atomic mass is 16.1.